The summed E-state index contributed by atoms with van der Waals surface area (Å²) in [4.78, 5) is 16.1. The molecule has 1 amide bonds. The summed E-state index contributed by atoms with van der Waals surface area (Å²) >= 11 is 1.65. The lowest BCUT2D eigenvalue weighted by atomic mass is 10.1. The predicted octanol–water partition coefficient (Wildman–Crippen LogP) is 2.98. The zero-order chi connectivity index (χ0) is 17.3. The van der Waals surface area contributed by atoms with E-state index in [-0.39, 0.29) is 16.8 Å². The van der Waals surface area contributed by atoms with Crippen LogP contribution in [-0.4, -0.2) is 44.2 Å². The van der Waals surface area contributed by atoms with E-state index in [1.165, 1.54) is 31.1 Å². The summed E-state index contributed by atoms with van der Waals surface area (Å²) in [6.07, 6.45) is 1.91. The van der Waals surface area contributed by atoms with Crippen molar-refractivity contribution in [2.45, 2.75) is 23.8 Å². The monoisotopic (exact) mass is 364 g/mol. The van der Waals surface area contributed by atoms with Gasteiger partial charge in [-0.05, 0) is 42.5 Å². The number of sulfonamides is 1. The van der Waals surface area contributed by atoms with Crippen LogP contribution in [-0.2, 0) is 10.0 Å². The van der Waals surface area contributed by atoms with Gasteiger partial charge in [-0.2, -0.15) is 0 Å². The van der Waals surface area contributed by atoms with Crippen molar-refractivity contribution in [1.82, 2.24) is 9.21 Å². The molecule has 2 aromatic rings. The fourth-order valence-corrected chi connectivity index (χ4v) is 4.77. The lowest BCUT2D eigenvalue weighted by molar-refractivity contribution is 0.0737. The molecule has 1 saturated heterocycles. The highest BCUT2D eigenvalue weighted by Gasteiger charge is 2.31. The van der Waals surface area contributed by atoms with Gasteiger partial charge in [-0.3, -0.25) is 4.79 Å². The molecule has 1 aliphatic heterocycles. The number of likely N-dealkylation sites (tertiary alicyclic amines) is 1. The molecule has 1 aromatic heterocycles. The quantitative estimate of drug-likeness (QED) is 0.838. The minimum Gasteiger partial charge on any atom is -0.331 e. The average molecular weight is 364 g/mol. The molecule has 0 N–H and O–H groups in total. The zero-order valence-electron chi connectivity index (χ0n) is 13.7. The van der Waals surface area contributed by atoms with E-state index < -0.39 is 10.0 Å². The third kappa shape index (κ3) is 3.11. The summed E-state index contributed by atoms with van der Waals surface area (Å²) in [6.45, 7) is 0.700. The Morgan fingerprint density at radius 2 is 2.04 bits per heavy atom. The number of carbonyl (C=O) groups excluding carboxylic acids is 1. The van der Waals surface area contributed by atoms with Gasteiger partial charge in [0.25, 0.3) is 5.91 Å². The van der Waals surface area contributed by atoms with Gasteiger partial charge >= 0.3 is 0 Å². The van der Waals surface area contributed by atoms with Crippen LogP contribution in [0.1, 0.15) is 34.1 Å². The second kappa shape index (κ2) is 6.66. The molecule has 1 aromatic carbocycles. The molecule has 2 heterocycles. The van der Waals surface area contributed by atoms with Crippen molar-refractivity contribution in [1.29, 1.82) is 0 Å². The van der Waals surface area contributed by atoms with Crippen LogP contribution in [0.2, 0.25) is 0 Å². The van der Waals surface area contributed by atoms with E-state index in [0.717, 1.165) is 17.1 Å². The van der Waals surface area contributed by atoms with Gasteiger partial charge < -0.3 is 4.90 Å². The van der Waals surface area contributed by atoms with Crippen molar-refractivity contribution in [3.63, 3.8) is 0 Å². The predicted molar refractivity (Wildman–Crippen MR) is 94.6 cm³/mol. The van der Waals surface area contributed by atoms with Gasteiger partial charge in [-0.1, -0.05) is 12.1 Å². The Bertz CT molecular complexity index is 829. The molecular formula is C17H20N2O3S2. The highest BCUT2D eigenvalue weighted by Crippen LogP contribution is 2.35. The van der Waals surface area contributed by atoms with Crippen LogP contribution in [0, 0.1) is 0 Å². The molecule has 1 aliphatic rings. The van der Waals surface area contributed by atoms with E-state index in [1.54, 1.807) is 23.5 Å². The van der Waals surface area contributed by atoms with Crippen LogP contribution in [0.3, 0.4) is 0 Å². The Labute approximate surface area is 146 Å². The van der Waals surface area contributed by atoms with E-state index in [0.29, 0.717) is 12.1 Å². The number of amides is 1. The average Bonchev–Trinajstić information content (AvgIpc) is 3.24. The van der Waals surface area contributed by atoms with E-state index in [9.17, 15) is 13.2 Å². The second-order valence-electron chi connectivity index (χ2n) is 5.99. The number of hydrogen-bond acceptors (Lipinski definition) is 4. The normalized spacial score (nSPS) is 18.3. The van der Waals surface area contributed by atoms with Crippen LogP contribution in [0.5, 0.6) is 0 Å². The Kier molecular flexibility index (Phi) is 4.76. The number of nitrogens with zero attached hydrogens (tertiary/aromatic N) is 2. The SMILES string of the molecule is CN(C)S(=O)(=O)c1cccc(C(=O)N2CCC[C@H]2c2cccs2)c1. The molecule has 0 bridgehead atoms. The summed E-state index contributed by atoms with van der Waals surface area (Å²) in [7, 11) is -0.582. The third-order valence-corrected chi connectivity index (χ3v) is 7.03. The largest absolute Gasteiger partial charge is 0.331 e. The standard InChI is InChI=1S/C17H20N2O3S2/c1-18(2)24(21,22)14-7-3-6-13(12-14)17(20)19-10-4-8-15(19)16-9-5-11-23-16/h3,5-7,9,11-12,15H,4,8,10H2,1-2H3/t15-/m0/s1. The van der Waals surface area contributed by atoms with Crippen molar-refractivity contribution >= 4 is 27.3 Å². The molecule has 0 spiro atoms. The summed E-state index contributed by atoms with van der Waals surface area (Å²) in [6, 6.07) is 10.4. The molecule has 5 nitrogen and oxygen atoms in total. The van der Waals surface area contributed by atoms with Gasteiger partial charge in [0.05, 0.1) is 10.9 Å². The number of carbonyl (C=O) groups is 1. The topological polar surface area (TPSA) is 57.7 Å². The number of thiophene rings is 1. The molecule has 1 atom stereocenters. The number of hydrogen-bond donors (Lipinski definition) is 0. The first-order chi connectivity index (χ1) is 11.4. The summed E-state index contributed by atoms with van der Waals surface area (Å²) in [5.41, 5.74) is 0.418. The van der Waals surface area contributed by atoms with Gasteiger partial charge in [0.15, 0.2) is 0 Å². The second-order valence-corrected chi connectivity index (χ2v) is 9.12. The van der Waals surface area contributed by atoms with Crippen LogP contribution in [0.15, 0.2) is 46.7 Å². The van der Waals surface area contributed by atoms with E-state index >= 15 is 0 Å². The van der Waals surface area contributed by atoms with Gasteiger partial charge in [-0.15, -0.1) is 11.3 Å². The summed E-state index contributed by atoms with van der Waals surface area (Å²) in [5, 5.41) is 2.01. The fourth-order valence-electron chi connectivity index (χ4n) is 2.95. The smallest absolute Gasteiger partial charge is 0.254 e. The molecule has 0 aliphatic carbocycles. The maximum absolute atomic E-state index is 12.9. The maximum Gasteiger partial charge on any atom is 0.254 e. The van der Waals surface area contributed by atoms with Crippen LogP contribution >= 0.6 is 11.3 Å². The molecule has 0 radical (unpaired) electrons. The minimum absolute atomic E-state index is 0.0895. The highest BCUT2D eigenvalue weighted by atomic mass is 32.2. The van der Waals surface area contributed by atoms with E-state index in [1.807, 2.05) is 22.4 Å². The van der Waals surface area contributed by atoms with Crippen molar-refractivity contribution in [2.24, 2.45) is 0 Å². The van der Waals surface area contributed by atoms with Gasteiger partial charge in [0, 0.05) is 31.1 Å². The van der Waals surface area contributed by atoms with E-state index in [2.05, 4.69) is 0 Å². The molecule has 128 valence electrons. The van der Waals surface area contributed by atoms with Crippen LogP contribution in [0.25, 0.3) is 0 Å². The molecule has 0 unspecified atom stereocenters. The molecular weight excluding hydrogens is 344 g/mol. The zero-order valence-corrected chi connectivity index (χ0v) is 15.3. The molecule has 3 rings (SSSR count). The third-order valence-electron chi connectivity index (χ3n) is 4.24. The Morgan fingerprint density at radius 1 is 1.25 bits per heavy atom. The Morgan fingerprint density at radius 3 is 2.71 bits per heavy atom. The lowest BCUT2D eigenvalue weighted by Gasteiger charge is -2.24. The van der Waals surface area contributed by atoms with Crippen molar-refractivity contribution in [3.8, 4) is 0 Å². The molecule has 0 saturated carbocycles. The Balaban J connectivity index is 1.91. The minimum atomic E-state index is -3.55. The summed E-state index contributed by atoms with van der Waals surface area (Å²) in [5.74, 6) is -0.110. The molecule has 7 heteroatoms. The van der Waals surface area contributed by atoms with Crippen LogP contribution in [0.4, 0.5) is 0 Å². The van der Waals surface area contributed by atoms with Crippen molar-refractivity contribution < 1.29 is 13.2 Å². The van der Waals surface area contributed by atoms with E-state index in [4.69, 9.17) is 0 Å². The van der Waals surface area contributed by atoms with Gasteiger partial charge in [-0.25, -0.2) is 12.7 Å². The molecule has 24 heavy (non-hydrogen) atoms. The van der Waals surface area contributed by atoms with Crippen LogP contribution < -0.4 is 0 Å². The number of benzene rings is 1. The Hall–Kier alpha value is -1.70. The number of rotatable bonds is 4. The molecule has 1 fully saturated rings. The maximum atomic E-state index is 12.9. The van der Waals surface area contributed by atoms with Crippen molar-refractivity contribution in [3.05, 3.63) is 52.2 Å². The highest BCUT2D eigenvalue weighted by molar-refractivity contribution is 7.89. The fraction of sp³-hybridized carbons (Fsp3) is 0.353. The van der Waals surface area contributed by atoms with Gasteiger partial charge in [0.1, 0.15) is 0 Å². The lowest BCUT2D eigenvalue weighted by Crippen LogP contribution is -2.30. The first-order valence-corrected chi connectivity index (χ1v) is 10.1. The summed E-state index contributed by atoms with van der Waals surface area (Å²) < 4.78 is 25.7. The first-order valence-electron chi connectivity index (χ1n) is 7.78. The first kappa shape index (κ1) is 17.1. The van der Waals surface area contributed by atoms with Crippen molar-refractivity contribution in [2.75, 3.05) is 20.6 Å². The van der Waals surface area contributed by atoms with Gasteiger partial charge in [0.2, 0.25) is 10.0 Å².